The fraction of sp³-hybridized carbons (Fsp3) is 0.688. The summed E-state index contributed by atoms with van der Waals surface area (Å²) in [7, 11) is 0. The van der Waals surface area contributed by atoms with Crippen LogP contribution in [-0.2, 0) is 9.53 Å². The van der Waals surface area contributed by atoms with Crippen molar-refractivity contribution in [3.05, 3.63) is 23.3 Å². The Morgan fingerprint density at radius 1 is 1.39 bits per heavy atom. The molecule has 0 aromatic carbocycles. The molecule has 2 aliphatic rings. The van der Waals surface area contributed by atoms with E-state index in [9.17, 15) is 4.79 Å². The largest absolute Gasteiger partial charge is 0.457 e. The zero-order chi connectivity index (χ0) is 13.5. The van der Waals surface area contributed by atoms with Crippen LogP contribution < -0.4 is 0 Å². The number of ether oxygens (including phenoxy) is 1. The van der Waals surface area contributed by atoms with Crippen molar-refractivity contribution >= 4 is 5.97 Å². The molecule has 0 amide bonds. The smallest absolute Gasteiger partial charge is 0.331 e. The molecule has 1 fully saturated rings. The second-order valence-corrected chi connectivity index (χ2v) is 6.84. The molecule has 0 spiro atoms. The molecule has 0 aromatic rings. The second-order valence-electron chi connectivity index (χ2n) is 6.84. The topological polar surface area (TPSA) is 26.3 Å². The monoisotopic (exact) mass is 248 g/mol. The van der Waals surface area contributed by atoms with Gasteiger partial charge in [-0.2, -0.15) is 0 Å². The van der Waals surface area contributed by atoms with Crippen LogP contribution in [0.2, 0.25) is 0 Å². The number of carbonyl (C=O) groups is 1. The first kappa shape index (κ1) is 13.4. The predicted octanol–water partition coefficient (Wildman–Crippen LogP) is 3.88. The Bertz CT molecular complexity index is 407. The van der Waals surface area contributed by atoms with E-state index < -0.39 is 5.60 Å². The summed E-state index contributed by atoms with van der Waals surface area (Å²) >= 11 is 0. The molecule has 0 saturated heterocycles. The summed E-state index contributed by atoms with van der Waals surface area (Å²) < 4.78 is 5.33. The van der Waals surface area contributed by atoms with Gasteiger partial charge >= 0.3 is 5.97 Å². The third kappa shape index (κ3) is 2.85. The van der Waals surface area contributed by atoms with Crippen LogP contribution in [0.3, 0.4) is 0 Å². The minimum Gasteiger partial charge on any atom is -0.457 e. The standard InChI is InChI=1S/C16H24O2/c1-10(2)11-6-12-7-13(14(12)8-11)9-15(17)18-16(3,4)5/h8-10,12,14H,6-7H2,1-5H3/t12-,14-/m0/s1. The number of hydrogen-bond donors (Lipinski definition) is 0. The molecule has 0 N–H and O–H groups in total. The summed E-state index contributed by atoms with van der Waals surface area (Å²) in [6.07, 6.45) is 6.37. The van der Waals surface area contributed by atoms with Crippen molar-refractivity contribution < 1.29 is 9.53 Å². The van der Waals surface area contributed by atoms with Crippen molar-refractivity contribution in [3.63, 3.8) is 0 Å². The fourth-order valence-electron chi connectivity index (χ4n) is 2.82. The molecule has 100 valence electrons. The maximum absolute atomic E-state index is 11.7. The molecular weight excluding hydrogens is 224 g/mol. The molecule has 18 heavy (non-hydrogen) atoms. The molecule has 0 heterocycles. The molecule has 0 bridgehead atoms. The fourth-order valence-corrected chi connectivity index (χ4v) is 2.82. The quantitative estimate of drug-likeness (QED) is 0.421. The molecule has 2 rings (SSSR count). The van der Waals surface area contributed by atoms with Gasteiger partial charge in [-0.3, -0.25) is 0 Å². The average Bonchev–Trinajstić information content (AvgIpc) is 2.50. The van der Waals surface area contributed by atoms with Crippen molar-refractivity contribution in [1.82, 2.24) is 0 Å². The van der Waals surface area contributed by atoms with E-state index in [2.05, 4.69) is 19.9 Å². The van der Waals surface area contributed by atoms with E-state index >= 15 is 0 Å². The van der Waals surface area contributed by atoms with Gasteiger partial charge in [0, 0.05) is 12.0 Å². The van der Waals surface area contributed by atoms with Gasteiger partial charge in [0.1, 0.15) is 5.60 Å². The maximum atomic E-state index is 11.7. The Labute approximate surface area is 110 Å². The molecule has 1 saturated carbocycles. The zero-order valence-corrected chi connectivity index (χ0v) is 12.1. The van der Waals surface area contributed by atoms with Gasteiger partial charge in [-0.1, -0.05) is 31.1 Å². The SMILES string of the molecule is CC(C)C1=C[C@@H]2C(=CC(=O)OC(C)(C)C)C[C@@H]2C1. The van der Waals surface area contributed by atoms with Crippen LogP contribution in [-0.4, -0.2) is 11.6 Å². The van der Waals surface area contributed by atoms with E-state index in [1.54, 1.807) is 11.6 Å². The molecular formula is C16H24O2. The van der Waals surface area contributed by atoms with E-state index in [-0.39, 0.29) is 5.97 Å². The van der Waals surface area contributed by atoms with Crippen molar-refractivity contribution in [2.24, 2.45) is 17.8 Å². The van der Waals surface area contributed by atoms with Gasteiger partial charge in [-0.25, -0.2) is 4.79 Å². The van der Waals surface area contributed by atoms with Crippen molar-refractivity contribution in [3.8, 4) is 0 Å². The van der Waals surface area contributed by atoms with Gasteiger partial charge in [0.15, 0.2) is 0 Å². The van der Waals surface area contributed by atoms with E-state index in [1.807, 2.05) is 20.8 Å². The highest BCUT2D eigenvalue weighted by Crippen LogP contribution is 2.50. The van der Waals surface area contributed by atoms with Crippen LogP contribution >= 0.6 is 0 Å². The zero-order valence-electron chi connectivity index (χ0n) is 12.1. The highest BCUT2D eigenvalue weighted by Gasteiger charge is 2.40. The first-order chi connectivity index (χ1) is 8.26. The first-order valence-electron chi connectivity index (χ1n) is 6.90. The molecule has 2 atom stereocenters. The van der Waals surface area contributed by atoms with E-state index in [0.29, 0.717) is 11.8 Å². The Kier molecular flexibility index (Phi) is 3.39. The molecule has 0 aliphatic heterocycles. The number of carbonyl (C=O) groups excluding carboxylic acids is 1. The van der Waals surface area contributed by atoms with Gasteiger partial charge < -0.3 is 4.74 Å². The molecule has 0 aromatic heterocycles. The molecule has 2 nitrogen and oxygen atoms in total. The van der Waals surface area contributed by atoms with Crippen LogP contribution in [0.5, 0.6) is 0 Å². The normalized spacial score (nSPS) is 29.0. The summed E-state index contributed by atoms with van der Waals surface area (Å²) in [4.78, 5) is 11.7. The number of allylic oxidation sites excluding steroid dienone is 3. The lowest BCUT2D eigenvalue weighted by molar-refractivity contribution is -0.148. The summed E-state index contributed by atoms with van der Waals surface area (Å²) in [5, 5.41) is 0. The van der Waals surface area contributed by atoms with Gasteiger partial charge in [0.2, 0.25) is 0 Å². The summed E-state index contributed by atoms with van der Waals surface area (Å²) in [5.74, 6) is 1.70. The number of hydrogen-bond acceptors (Lipinski definition) is 2. The third-order valence-corrected chi connectivity index (χ3v) is 3.78. The van der Waals surface area contributed by atoms with Crippen LogP contribution in [0, 0.1) is 17.8 Å². The summed E-state index contributed by atoms with van der Waals surface area (Å²) in [6, 6.07) is 0. The Morgan fingerprint density at radius 2 is 2.06 bits per heavy atom. The Balaban J connectivity index is 1.99. The van der Waals surface area contributed by atoms with Gasteiger partial charge in [-0.15, -0.1) is 0 Å². The first-order valence-corrected chi connectivity index (χ1v) is 6.90. The highest BCUT2D eigenvalue weighted by molar-refractivity contribution is 5.83. The lowest BCUT2D eigenvalue weighted by Gasteiger charge is -2.34. The van der Waals surface area contributed by atoms with Crippen molar-refractivity contribution in [2.45, 2.75) is 53.1 Å². The summed E-state index contributed by atoms with van der Waals surface area (Å²) in [5.41, 5.74) is 2.41. The van der Waals surface area contributed by atoms with Crippen molar-refractivity contribution in [1.29, 1.82) is 0 Å². The second kappa shape index (κ2) is 4.56. The predicted molar refractivity (Wildman–Crippen MR) is 73.1 cm³/mol. The van der Waals surface area contributed by atoms with Crippen molar-refractivity contribution in [2.75, 3.05) is 0 Å². The minimum absolute atomic E-state index is 0.192. The molecule has 2 aliphatic carbocycles. The number of esters is 1. The Morgan fingerprint density at radius 3 is 2.61 bits per heavy atom. The lowest BCUT2D eigenvalue weighted by Crippen LogP contribution is -2.27. The maximum Gasteiger partial charge on any atom is 0.331 e. The Hall–Kier alpha value is -1.05. The minimum atomic E-state index is -0.397. The van der Waals surface area contributed by atoms with E-state index in [0.717, 1.165) is 12.3 Å². The van der Waals surface area contributed by atoms with Gasteiger partial charge in [0.05, 0.1) is 0 Å². The van der Waals surface area contributed by atoms with Crippen LogP contribution in [0.4, 0.5) is 0 Å². The van der Waals surface area contributed by atoms with Crippen LogP contribution in [0.25, 0.3) is 0 Å². The van der Waals surface area contributed by atoms with Crippen LogP contribution in [0.15, 0.2) is 23.3 Å². The van der Waals surface area contributed by atoms with Crippen LogP contribution in [0.1, 0.15) is 47.5 Å². The average molecular weight is 248 g/mol. The highest BCUT2D eigenvalue weighted by atomic mass is 16.6. The van der Waals surface area contributed by atoms with E-state index in [1.165, 1.54) is 12.0 Å². The number of rotatable bonds is 2. The molecule has 0 radical (unpaired) electrons. The third-order valence-electron chi connectivity index (χ3n) is 3.78. The molecule has 0 unspecified atom stereocenters. The van der Waals surface area contributed by atoms with Gasteiger partial charge in [-0.05, 0) is 45.4 Å². The number of fused-ring (bicyclic) bond motifs is 1. The van der Waals surface area contributed by atoms with Gasteiger partial charge in [0.25, 0.3) is 0 Å². The summed E-state index contributed by atoms with van der Waals surface area (Å²) in [6.45, 7) is 10.2. The molecule has 2 heteroatoms. The van der Waals surface area contributed by atoms with E-state index in [4.69, 9.17) is 4.74 Å². The lowest BCUT2D eigenvalue weighted by atomic mass is 9.71.